The van der Waals surface area contributed by atoms with Crippen LogP contribution in [0.15, 0.2) is 30.3 Å². The number of carbonyl (C=O) groups excluding carboxylic acids is 1. The van der Waals surface area contributed by atoms with Crippen molar-refractivity contribution in [2.45, 2.75) is 33.2 Å². The van der Waals surface area contributed by atoms with Gasteiger partial charge in [0.25, 0.3) is 0 Å². The van der Waals surface area contributed by atoms with E-state index in [1.54, 1.807) is 0 Å². The number of rotatable bonds is 7. The lowest BCUT2D eigenvalue weighted by Crippen LogP contribution is -2.29. The summed E-state index contributed by atoms with van der Waals surface area (Å²) in [6.07, 6.45) is 1.65. The second kappa shape index (κ2) is 7.18. The minimum absolute atomic E-state index is 0.347. The van der Waals surface area contributed by atoms with Gasteiger partial charge in [0.1, 0.15) is 5.78 Å². The first-order chi connectivity index (χ1) is 7.76. The number of carbonyl (C=O) groups is 1. The van der Waals surface area contributed by atoms with Gasteiger partial charge in [-0.1, -0.05) is 44.2 Å². The lowest BCUT2D eigenvalue weighted by molar-refractivity contribution is -0.120. The molecule has 0 atom stereocenters. The third kappa shape index (κ3) is 4.58. The molecule has 2 nitrogen and oxygen atoms in total. The summed E-state index contributed by atoms with van der Waals surface area (Å²) in [7, 11) is 0. The number of nitrogens with zero attached hydrogens (tertiary/aromatic N) is 1. The second-order valence-corrected chi connectivity index (χ2v) is 4.08. The predicted octanol–water partition coefficient (Wildman–Crippen LogP) is 2.88. The summed E-state index contributed by atoms with van der Waals surface area (Å²) >= 11 is 0. The largest absolute Gasteiger partial charge is 0.298 e. The van der Waals surface area contributed by atoms with Crippen LogP contribution in [0.2, 0.25) is 0 Å². The molecule has 0 heterocycles. The molecule has 0 aromatic heterocycles. The Morgan fingerprint density at radius 1 is 1.19 bits per heavy atom. The molecule has 0 radical (unpaired) electrons. The van der Waals surface area contributed by atoms with Crippen molar-refractivity contribution in [2.24, 2.45) is 0 Å². The van der Waals surface area contributed by atoms with E-state index in [0.717, 1.165) is 19.5 Å². The molecule has 0 amide bonds. The first-order valence-electron chi connectivity index (χ1n) is 6.04. The zero-order valence-corrected chi connectivity index (χ0v) is 10.3. The van der Waals surface area contributed by atoms with Gasteiger partial charge < -0.3 is 0 Å². The first kappa shape index (κ1) is 12.9. The highest BCUT2D eigenvalue weighted by Gasteiger charge is 2.08. The zero-order valence-electron chi connectivity index (χ0n) is 10.3. The van der Waals surface area contributed by atoms with Crippen molar-refractivity contribution in [2.75, 3.05) is 13.1 Å². The molecule has 0 unspecified atom stereocenters. The Labute approximate surface area is 98.3 Å². The molecule has 0 N–H and O–H groups in total. The monoisotopic (exact) mass is 219 g/mol. The van der Waals surface area contributed by atoms with Crippen LogP contribution in [0.4, 0.5) is 0 Å². The fraction of sp³-hybridized carbons (Fsp3) is 0.500. The summed E-state index contributed by atoms with van der Waals surface area (Å²) in [5.41, 5.74) is 1.27. The van der Waals surface area contributed by atoms with E-state index in [1.807, 2.05) is 25.1 Å². The molecule has 1 aromatic carbocycles. The van der Waals surface area contributed by atoms with Gasteiger partial charge in [-0.05, 0) is 18.5 Å². The molecule has 0 spiro atoms. The predicted molar refractivity (Wildman–Crippen MR) is 67.3 cm³/mol. The normalized spacial score (nSPS) is 10.7. The van der Waals surface area contributed by atoms with Gasteiger partial charge in [-0.15, -0.1) is 0 Å². The molecule has 0 saturated heterocycles. The maximum atomic E-state index is 11.6. The van der Waals surface area contributed by atoms with Crippen LogP contribution in [0.25, 0.3) is 0 Å². The highest BCUT2D eigenvalue weighted by molar-refractivity contribution is 5.80. The van der Waals surface area contributed by atoms with Crippen molar-refractivity contribution in [1.29, 1.82) is 0 Å². The Morgan fingerprint density at radius 2 is 1.88 bits per heavy atom. The molecule has 1 rings (SSSR count). The minimum atomic E-state index is 0.347. The van der Waals surface area contributed by atoms with Gasteiger partial charge in [-0.3, -0.25) is 9.69 Å². The molecule has 16 heavy (non-hydrogen) atoms. The number of likely N-dealkylation sites (N-methyl/N-ethyl adjacent to an activating group) is 1. The summed E-state index contributed by atoms with van der Waals surface area (Å²) in [4.78, 5) is 13.7. The van der Waals surface area contributed by atoms with E-state index in [4.69, 9.17) is 0 Å². The van der Waals surface area contributed by atoms with Gasteiger partial charge in [-0.25, -0.2) is 0 Å². The van der Waals surface area contributed by atoms with E-state index in [-0.39, 0.29) is 0 Å². The Kier molecular flexibility index (Phi) is 5.79. The Morgan fingerprint density at radius 3 is 2.44 bits per heavy atom. The number of hydrogen-bond acceptors (Lipinski definition) is 2. The average molecular weight is 219 g/mol. The highest BCUT2D eigenvalue weighted by atomic mass is 16.1. The van der Waals surface area contributed by atoms with E-state index >= 15 is 0 Å². The van der Waals surface area contributed by atoms with Crippen molar-refractivity contribution in [3.8, 4) is 0 Å². The van der Waals surface area contributed by atoms with E-state index in [0.29, 0.717) is 18.7 Å². The molecule has 2 heteroatoms. The zero-order chi connectivity index (χ0) is 11.8. The van der Waals surface area contributed by atoms with Crippen LogP contribution in [0.5, 0.6) is 0 Å². The van der Waals surface area contributed by atoms with Gasteiger partial charge in [0.15, 0.2) is 0 Å². The molecular formula is C14H21NO. The lowest BCUT2D eigenvalue weighted by Gasteiger charge is -2.19. The van der Waals surface area contributed by atoms with Crippen molar-refractivity contribution < 1.29 is 4.79 Å². The second-order valence-electron chi connectivity index (χ2n) is 4.08. The van der Waals surface area contributed by atoms with Gasteiger partial charge in [-0.2, -0.15) is 0 Å². The molecule has 0 fully saturated rings. The van der Waals surface area contributed by atoms with Crippen molar-refractivity contribution in [3.63, 3.8) is 0 Å². The van der Waals surface area contributed by atoms with Gasteiger partial charge in [0, 0.05) is 13.0 Å². The van der Waals surface area contributed by atoms with Crippen LogP contribution in [-0.4, -0.2) is 23.8 Å². The topological polar surface area (TPSA) is 20.3 Å². The first-order valence-corrected chi connectivity index (χ1v) is 6.04. The van der Waals surface area contributed by atoms with Crippen LogP contribution in [0.3, 0.4) is 0 Å². The number of hydrogen-bond donors (Lipinski definition) is 0. The van der Waals surface area contributed by atoms with E-state index in [9.17, 15) is 4.79 Å². The standard InChI is InChI=1S/C14H21NO/c1-3-8-14(16)12-15(4-2)11-13-9-6-5-7-10-13/h5-7,9-10H,3-4,8,11-12H2,1-2H3. The summed E-state index contributed by atoms with van der Waals surface area (Å²) in [6.45, 7) is 6.52. The van der Waals surface area contributed by atoms with E-state index < -0.39 is 0 Å². The van der Waals surface area contributed by atoms with Crippen LogP contribution in [0.1, 0.15) is 32.3 Å². The smallest absolute Gasteiger partial charge is 0.146 e. The number of benzene rings is 1. The molecule has 0 saturated carbocycles. The molecule has 1 aromatic rings. The molecule has 0 bridgehead atoms. The minimum Gasteiger partial charge on any atom is -0.298 e. The molecule has 0 aliphatic carbocycles. The maximum absolute atomic E-state index is 11.6. The van der Waals surface area contributed by atoms with Gasteiger partial charge >= 0.3 is 0 Å². The third-order valence-corrected chi connectivity index (χ3v) is 2.63. The summed E-state index contributed by atoms with van der Waals surface area (Å²) in [5, 5.41) is 0. The van der Waals surface area contributed by atoms with Crippen molar-refractivity contribution in [3.05, 3.63) is 35.9 Å². The van der Waals surface area contributed by atoms with Gasteiger partial charge in [0.2, 0.25) is 0 Å². The van der Waals surface area contributed by atoms with Crippen LogP contribution in [-0.2, 0) is 11.3 Å². The maximum Gasteiger partial charge on any atom is 0.146 e. The Hall–Kier alpha value is -1.15. The summed E-state index contributed by atoms with van der Waals surface area (Å²) in [6, 6.07) is 10.3. The molecule has 88 valence electrons. The average Bonchev–Trinajstić information content (AvgIpc) is 2.30. The molecular weight excluding hydrogens is 198 g/mol. The molecule has 0 aliphatic heterocycles. The quantitative estimate of drug-likeness (QED) is 0.703. The number of Topliss-reactive ketones (excluding diaryl/α,β-unsaturated/α-hetero) is 1. The van der Waals surface area contributed by atoms with Crippen molar-refractivity contribution >= 4 is 5.78 Å². The fourth-order valence-corrected chi connectivity index (χ4v) is 1.73. The van der Waals surface area contributed by atoms with E-state index in [2.05, 4.69) is 24.0 Å². The van der Waals surface area contributed by atoms with Crippen LogP contribution < -0.4 is 0 Å². The number of ketones is 1. The molecule has 0 aliphatic rings. The fourth-order valence-electron chi connectivity index (χ4n) is 1.73. The lowest BCUT2D eigenvalue weighted by atomic mass is 10.2. The summed E-state index contributed by atoms with van der Waals surface area (Å²) in [5.74, 6) is 0.347. The Bertz CT molecular complexity index is 308. The summed E-state index contributed by atoms with van der Waals surface area (Å²) < 4.78 is 0. The van der Waals surface area contributed by atoms with Gasteiger partial charge in [0.05, 0.1) is 6.54 Å². The van der Waals surface area contributed by atoms with Crippen molar-refractivity contribution in [1.82, 2.24) is 4.90 Å². The van der Waals surface area contributed by atoms with Crippen LogP contribution >= 0.6 is 0 Å². The third-order valence-electron chi connectivity index (χ3n) is 2.63. The van der Waals surface area contributed by atoms with Crippen LogP contribution in [0, 0.1) is 0 Å². The van der Waals surface area contributed by atoms with E-state index in [1.165, 1.54) is 5.56 Å². The SMILES string of the molecule is CCCC(=O)CN(CC)Cc1ccccc1. The highest BCUT2D eigenvalue weighted by Crippen LogP contribution is 2.04. The Balaban J connectivity index is 2.46.